The number of methoxy groups -OCH3 is 1. The topological polar surface area (TPSA) is 87.7 Å². The van der Waals surface area contributed by atoms with Crippen molar-refractivity contribution < 1.29 is 19.4 Å². The number of urea groups is 1. The van der Waals surface area contributed by atoms with Gasteiger partial charge in [0.25, 0.3) is 0 Å². The summed E-state index contributed by atoms with van der Waals surface area (Å²) < 4.78 is 5.00. The Morgan fingerprint density at radius 2 is 2.00 bits per heavy atom. The maximum absolute atomic E-state index is 11.8. The van der Waals surface area contributed by atoms with Crippen molar-refractivity contribution >= 4 is 17.7 Å². The Bertz CT molecular complexity index is 512. The van der Waals surface area contributed by atoms with Crippen LogP contribution >= 0.6 is 0 Å². The van der Waals surface area contributed by atoms with E-state index in [4.69, 9.17) is 9.84 Å². The summed E-state index contributed by atoms with van der Waals surface area (Å²) in [5.74, 6) is -0.880. The first-order valence-corrected chi connectivity index (χ1v) is 6.29. The van der Waals surface area contributed by atoms with Crippen molar-refractivity contribution in [2.45, 2.75) is 32.7 Å². The molecular formula is C14H20N2O4. The molecule has 0 aliphatic rings. The maximum Gasteiger partial charge on any atom is 0.339 e. The molecule has 110 valence electrons. The van der Waals surface area contributed by atoms with Crippen LogP contribution in [-0.4, -0.2) is 29.8 Å². The molecule has 0 atom stereocenters. The van der Waals surface area contributed by atoms with E-state index < -0.39 is 5.97 Å². The normalized spacial score (nSPS) is 10.8. The minimum atomic E-state index is -1.08. The molecule has 1 aromatic carbocycles. The van der Waals surface area contributed by atoms with Crippen LogP contribution in [0.3, 0.4) is 0 Å². The maximum atomic E-state index is 11.8. The zero-order valence-electron chi connectivity index (χ0n) is 12.1. The summed E-state index contributed by atoms with van der Waals surface area (Å²) in [5.41, 5.74) is 0.207. The van der Waals surface area contributed by atoms with E-state index >= 15 is 0 Å². The van der Waals surface area contributed by atoms with Crippen LogP contribution in [0.15, 0.2) is 18.2 Å². The summed E-state index contributed by atoms with van der Waals surface area (Å²) in [7, 11) is 1.38. The molecule has 0 heterocycles. The lowest BCUT2D eigenvalue weighted by Crippen LogP contribution is -2.45. The number of hydrogen-bond donors (Lipinski definition) is 3. The van der Waals surface area contributed by atoms with Crippen LogP contribution < -0.4 is 15.4 Å². The molecular weight excluding hydrogens is 260 g/mol. The number of nitrogens with one attached hydrogen (secondary N) is 2. The smallest absolute Gasteiger partial charge is 0.339 e. The largest absolute Gasteiger partial charge is 0.496 e. The minimum absolute atomic E-state index is 0.0485. The SMILES string of the molecule is CCC(C)(C)NC(=O)Nc1ccc(C(=O)O)c(OC)c1. The molecule has 0 unspecified atom stereocenters. The number of rotatable bonds is 5. The van der Waals surface area contributed by atoms with Gasteiger partial charge in [0.2, 0.25) is 0 Å². The van der Waals surface area contributed by atoms with Gasteiger partial charge >= 0.3 is 12.0 Å². The molecule has 0 spiro atoms. The Morgan fingerprint density at radius 1 is 1.35 bits per heavy atom. The predicted octanol–water partition coefficient (Wildman–Crippen LogP) is 2.70. The fraction of sp³-hybridized carbons (Fsp3) is 0.429. The average Bonchev–Trinajstić information content (AvgIpc) is 2.37. The van der Waals surface area contributed by atoms with Crippen molar-refractivity contribution in [3.8, 4) is 5.75 Å². The number of aromatic carboxylic acids is 1. The number of carbonyl (C=O) groups excluding carboxylic acids is 1. The third kappa shape index (κ3) is 4.15. The first-order chi connectivity index (χ1) is 9.29. The highest BCUT2D eigenvalue weighted by molar-refractivity contribution is 5.94. The second-order valence-corrected chi connectivity index (χ2v) is 5.04. The molecule has 0 saturated carbocycles. The summed E-state index contributed by atoms with van der Waals surface area (Å²) in [6.45, 7) is 5.81. The summed E-state index contributed by atoms with van der Waals surface area (Å²) >= 11 is 0. The third-order valence-electron chi connectivity index (χ3n) is 3.03. The van der Waals surface area contributed by atoms with Crippen LogP contribution in [0.2, 0.25) is 0 Å². The number of carboxylic acids is 1. The molecule has 6 heteroatoms. The number of carboxylic acid groups (broad SMARTS) is 1. The van der Waals surface area contributed by atoms with Gasteiger partial charge < -0.3 is 20.5 Å². The van der Waals surface area contributed by atoms with Crippen LogP contribution in [-0.2, 0) is 0 Å². The second kappa shape index (κ2) is 6.27. The van der Waals surface area contributed by atoms with E-state index in [1.54, 1.807) is 0 Å². The zero-order valence-corrected chi connectivity index (χ0v) is 12.1. The van der Waals surface area contributed by atoms with Crippen molar-refractivity contribution in [2.24, 2.45) is 0 Å². The zero-order chi connectivity index (χ0) is 15.3. The van der Waals surface area contributed by atoms with E-state index in [1.807, 2.05) is 20.8 Å². The van der Waals surface area contributed by atoms with Gasteiger partial charge in [-0.15, -0.1) is 0 Å². The molecule has 3 N–H and O–H groups in total. The van der Waals surface area contributed by atoms with Gasteiger partial charge in [-0.25, -0.2) is 9.59 Å². The van der Waals surface area contributed by atoms with E-state index in [0.717, 1.165) is 6.42 Å². The van der Waals surface area contributed by atoms with Crippen molar-refractivity contribution in [3.05, 3.63) is 23.8 Å². The predicted molar refractivity (Wildman–Crippen MR) is 76.5 cm³/mol. The highest BCUT2D eigenvalue weighted by Gasteiger charge is 2.18. The summed E-state index contributed by atoms with van der Waals surface area (Å²) in [4.78, 5) is 22.8. The van der Waals surface area contributed by atoms with Gasteiger partial charge in [-0.1, -0.05) is 6.92 Å². The quantitative estimate of drug-likeness (QED) is 0.773. The van der Waals surface area contributed by atoms with E-state index in [1.165, 1.54) is 25.3 Å². The lowest BCUT2D eigenvalue weighted by Gasteiger charge is -2.24. The molecule has 1 rings (SSSR count). The molecule has 2 amide bonds. The molecule has 0 bridgehead atoms. The molecule has 1 aromatic rings. The molecule has 0 aromatic heterocycles. The van der Waals surface area contributed by atoms with Crippen LogP contribution in [0.5, 0.6) is 5.75 Å². The van der Waals surface area contributed by atoms with Crippen LogP contribution in [0.1, 0.15) is 37.6 Å². The summed E-state index contributed by atoms with van der Waals surface area (Å²) in [6, 6.07) is 4.04. The van der Waals surface area contributed by atoms with E-state index in [0.29, 0.717) is 5.69 Å². The van der Waals surface area contributed by atoms with Gasteiger partial charge in [0.15, 0.2) is 0 Å². The molecule has 0 aliphatic carbocycles. The highest BCUT2D eigenvalue weighted by atomic mass is 16.5. The monoisotopic (exact) mass is 280 g/mol. The Hall–Kier alpha value is -2.24. The van der Waals surface area contributed by atoms with Crippen LogP contribution in [0.25, 0.3) is 0 Å². The Balaban J connectivity index is 2.84. The lowest BCUT2D eigenvalue weighted by atomic mass is 10.0. The summed E-state index contributed by atoms with van der Waals surface area (Å²) in [6.07, 6.45) is 0.793. The first-order valence-electron chi connectivity index (χ1n) is 6.29. The molecule has 0 aliphatic heterocycles. The number of anilines is 1. The highest BCUT2D eigenvalue weighted by Crippen LogP contribution is 2.23. The van der Waals surface area contributed by atoms with Crippen molar-refractivity contribution in [1.82, 2.24) is 5.32 Å². The van der Waals surface area contributed by atoms with E-state index in [9.17, 15) is 9.59 Å². The van der Waals surface area contributed by atoms with Gasteiger partial charge in [-0.3, -0.25) is 0 Å². The molecule has 6 nitrogen and oxygen atoms in total. The standard InChI is InChI=1S/C14H20N2O4/c1-5-14(2,3)16-13(19)15-9-6-7-10(12(17)18)11(8-9)20-4/h6-8H,5H2,1-4H3,(H,17,18)(H2,15,16,19). The third-order valence-corrected chi connectivity index (χ3v) is 3.03. The number of amides is 2. The number of hydrogen-bond acceptors (Lipinski definition) is 3. The van der Waals surface area contributed by atoms with Crippen molar-refractivity contribution in [3.63, 3.8) is 0 Å². The Labute approximate surface area is 118 Å². The van der Waals surface area contributed by atoms with Gasteiger partial charge in [0.1, 0.15) is 11.3 Å². The number of ether oxygens (including phenoxy) is 1. The van der Waals surface area contributed by atoms with Gasteiger partial charge in [0.05, 0.1) is 7.11 Å². The van der Waals surface area contributed by atoms with Gasteiger partial charge in [-0.05, 0) is 32.4 Å². The fourth-order valence-electron chi connectivity index (χ4n) is 1.50. The number of carbonyl (C=O) groups is 2. The van der Waals surface area contributed by atoms with Crippen LogP contribution in [0, 0.1) is 0 Å². The van der Waals surface area contributed by atoms with Gasteiger partial charge in [-0.2, -0.15) is 0 Å². The molecule has 0 saturated heterocycles. The average molecular weight is 280 g/mol. The van der Waals surface area contributed by atoms with Crippen molar-refractivity contribution in [2.75, 3.05) is 12.4 Å². The fourth-order valence-corrected chi connectivity index (χ4v) is 1.50. The second-order valence-electron chi connectivity index (χ2n) is 5.04. The minimum Gasteiger partial charge on any atom is -0.496 e. The Kier molecular flexibility index (Phi) is 4.96. The van der Waals surface area contributed by atoms with Gasteiger partial charge in [0, 0.05) is 17.3 Å². The lowest BCUT2D eigenvalue weighted by molar-refractivity contribution is 0.0693. The van der Waals surface area contributed by atoms with Crippen molar-refractivity contribution in [1.29, 1.82) is 0 Å². The number of benzene rings is 1. The van der Waals surface area contributed by atoms with Crippen LogP contribution in [0.4, 0.5) is 10.5 Å². The van der Waals surface area contributed by atoms with E-state index in [-0.39, 0.29) is 22.9 Å². The molecule has 0 radical (unpaired) electrons. The summed E-state index contributed by atoms with van der Waals surface area (Å²) in [5, 5.41) is 14.4. The Morgan fingerprint density at radius 3 is 2.50 bits per heavy atom. The molecule has 20 heavy (non-hydrogen) atoms. The molecule has 0 fully saturated rings. The first kappa shape index (κ1) is 15.8. The van der Waals surface area contributed by atoms with E-state index in [2.05, 4.69) is 10.6 Å².